The Morgan fingerprint density at radius 2 is 1.95 bits per heavy atom. The number of carbonyl (C=O) groups excluding carboxylic acids is 1. The summed E-state index contributed by atoms with van der Waals surface area (Å²) in [6.45, 7) is 4.23. The van der Waals surface area contributed by atoms with Crippen LogP contribution in [0.1, 0.15) is 30.8 Å². The highest BCUT2D eigenvalue weighted by atomic mass is 16.3. The molecule has 0 spiro atoms. The Labute approximate surface area is 127 Å². The lowest BCUT2D eigenvalue weighted by Gasteiger charge is -2.24. The van der Waals surface area contributed by atoms with Crippen LogP contribution in [0, 0.1) is 24.7 Å². The lowest BCUT2D eigenvalue weighted by molar-refractivity contribution is -0.134. The maximum absolute atomic E-state index is 12.8. The van der Waals surface area contributed by atoms with Crippen molar-refractivity contribution >= 4 is 5.91 Å². The van der Waals surface area contributed by atoms with Gasteiger partial charge in [-0.25, -0.2) is 0 Å². The molecule has 1 heterocycles. The van der Waals surface area contributed by atoms with Gasteiger partial charge < -0.3 is 14.2 Å². The Morgan fingerprint density at radius 3 is 2.52 bits per heavy atom. The van der Waals surface area contributed by atoms with Crippen LogP contribution in [0.25, 0.3) is 0 Å². The molecule has 3 rings (SSSR count). The normalized spacial score (nSPS) is 27.0. The van der Waals surface area contributed by atoms with Gasteiger partial charge in [0, 0.05) is 19.0 Å². The van der Waals surface area contributed by atoms with Crippen molar-refractivity contribution in [1.82, 2.24) is 9.80 Å². The summed E-state index contributed by atoms with van der Waals surface area (Å²) in [4.78, 5) is 16.9. The minimum atomic E-state index is 0.303. The lowest BCUT2D eigenvalue weighted by atomic mass is 10.1. The molecule has 0 aliphatic heterocycles. The molecule has 2 aliphatic carbocycles. The van der Waals surface area contributed by atoms with Gasteiger partial charge in [-0.1, -0.05) is 6.42 Å². The zero-order chi connectivity index (χ0) is 15.0. The number of rotatable bonds is 6. The van der Waals surface area contributed by atoms with E-state index >= 15 is 0 Å². The van der Waals surface area contributed by atoms with Gasteiger partial charge in [0.05, 0.1) is 6.54 Å². The minimum Gasteiger partial charge on any atom is -0.464 e. The van der Waals surface area contributed by atoms with E-state index in [1.54, 1.807) is 0 Å². The van der Waals surface area contributed by atoms with E-state index in [1.165, 1.54) is 19.3 Å². The standard InChI is InChI=1S/C17H26N2O2/c1-12-7-8-13(21-12)11-19(10-9-18(2)3)17(20)16-14-5-4-6-15(14)16/h7-8,14-16H,4-6,9-11H2,1-3H3. The summed E-state index contributed by atoms with van der Waals surface area (Å²) in [6.07, 6.45) is 3.82. The number of hydrogen-bond donors (Lipinski definition) is 0. The Balaban J connectivity index is 1.65. The average Bonchev–Trinajstić information content (AvgIpc) is 2.79. The van der Waals surface area contributed by atoms with Crippen LogP contribution in [0.5, 0.6) is 0 Å². The van der Waals surface area contributed by atoms with Crippen LogP contribution in [0.4, 0.5) is 0 Å². The maximum atomic E-state index is 12.8. The monoisotopic (exact) mass is 290 g/mol. The summed E-state index contributed by atoms with van der Waals surface area (Å²) in [5.41, 5.74) is 0. The van der Waals surface area contributed by atoms with Gasteiger partial charge in [-0.15, -0.1) is 0 Å². The molecule has 0 bridgehead atoms. The SMILES string of the molecule is Cc1ccc(CN(CCN(C)C)C(=O)C2C3CCCC32)o1. The molecular weight excluding hydrogens is 264 g/mol. The van der Waals surface area contributed by atoms with E-state index in [9.17, 15) is 4.79 Å². The van der Waals surface area contributed by atoms with E-state index in [0.717, 1.165) is 24.6 Å². The van der Waals surface area contributed by atoms with Crippen molar-refractivity contribution in [1.29, 1.82) is 0 Å². The number of likely N-dealkylation sites (N-methyl/N-ethyl adjacent to an activating group) is 1. The van der Waals surface area contributed by atoms with Gasteiger partial charge in [-0.3, -0.25) is 4.79 Å². The number of amides is 1. The molecule has 4 nitrogen and oxygen atoms in total. The molecule has 116 valence electrons. The van der Waals surface area contributed by atoms with Crippen molar-refractivity contribution < 1.29 is 9.21 Å². The van der Waals surface area contributed by atoms with Gasteiger partial charge in [0.15, 0.2) is 0 Å². The molecule has 2 aliphatic rings. The van der Waals surface area contributed by atoms with E-state index in [2.05, 4.69) is 4.90 Å². The third-order valence-electron chi connectivity index (χ3n) is 4.96. The highest BCUT2D eigenvalue weighted by Crippen LogP contribution is 2.58. The molecular formula is C17H26N2O2. The fraction of sp³-hybridized carbons (Fsp3) is 0.706. The molecule has 1 amide bonds. The largest absolute Gasteiger partial charge is 0.464 e. The van der Waals surface area contributed by atoms with Crippen LogP contribution >= 0.6 is 0 Å². The van der Waals surface area contributed by atoms with Gasteiger partial charge >= 0.3 is 0 Å². The summed E-state index contributed by atoms with van der Waals surface area (Å²) < 4.78 is 5.66. The fourth-order valence-electron chi connectivity index (χ4n) is 3.74. The first-order chi connectivity index (χ1) is 10.1. The third kappa shape index (κ3) is 3.15. The molecule has 21 heavy (non-hydrogen) atoms. The van der Waals surface area contributed by atoms with Crippen molar-refractivity contribution in [2.24, 2.45) is 17.8 Å². The number of furan rings is 1. The van der Waals surface area contributed by atoms with Crippen molar-refractivity contribution in [3.8, 4) is 0 Å². The van der Waals surface area contributed by atoms with Crippen LogP contribution < -0.4 is 0 Å². The fourth-order valence-corrected chi connectivity index (χ4v) is 3.74. The number of aryl methyl sites for hydroxylation is 1. The van der Waals surface area contributed by atoms with E-state index < -0.39 is 0 Å². The Hall–Kier alpha value is -1.29. The van der Waals surface area contributed by atoms with Gasteiger partial charge in [0.1, 0.15) is 11.5 Å². The second-order valence-corrected chi connectivity index (χ2v) is 6.86. The zero-order valence-corrected chi connectivity index (χ0v) is 13.3. The minimum absolute atomic E-state index is 0.303. The number of nitrogens with zero attached hydrogens (tertiary/aromatic N) is 2. The molecule has 2 fully saturated rings. The van der Waals surface area contributed by atoms with E-state index in [0.29, 0.717) is 30.2 Å². The topological polar surface area (TPSA) is 36.7 Å². The molecule has 0 aromatic carbocycles. The first kappa shape index (κ1) is 14.6. The summed E-state index contributed by atoms with van der Waals surface area (Å²) in [6, 6.07) is 3.95. The Kier molecular flexibility index (Phi) is 4.07. The highest BCUT2D eigenvalue weighted by molar-refractivity contribution is 5.82. The molecule has 4 heteroatoms. The van der Waals surface area contributed by atoms with Crippen LogP contribution in [-0.4, -0.2) is 42.9 Å². The molecule has 2 saturated carbocycles. The predicted octanol–water partition coefficient (Wildman–Crippen LogP) is 2.52. The summed E-state index contributed by atoms with van der Waals surface area (Å²) in [5, 5.41) is 0. The van der Waals surface area contributed by atoms with Crippen LogP contribution in [0.15, 0.2) is 16.5 Å². The average molecular weight is 290 g/mol. The number of carbonyl (C=O) groups is 1. The van der Waals surface area contributed by atoms with Gasteiger partial charge in [-0.2, -0.15) is 0 Å². The maximum Gasteiger partial charge on any atom is 0.226 e. The van der Waals surface area contributed by atoms with E-state index in [4.69, 9.17) is 4.42 Å². The molecule has 2 atom stereocenters. The summed E-state index contributed by atoms with van der Waals surface area (Å²) in [5.74, 6) is 3.81. The number of fused-ring (bicyclic) bond motifs is 1. The van der Waals surface area contributed by atoms with Crippen LogP contribution in [0.3, 0.4) is 0 Å². The van der Waals surface area contributed by atoms with Gasteiger partial charge in [-0.05, 0) is 57.8 Å². The first-order valence-corrected chi connectivity index (χ1v) is 8.05. The molecule has 2 unspecified atom stereocenters. The lowest BCUT2D eigenvalue weighted by Crippen LogP contribution is -2.37. The number of hydrogen-bond acceptors (Lipinski definition) is 3. The van der Waals surface area contributed by atoms with Crippen molar-refractivity contribution in [3.05, 3.63) is 23.7 Å². The summed E-state index contributed by atoms with van der Waals surface area (Å²) >= 11 is 0. The van der Waals surface area contributed by atoms with Gasteiger partial charge in [0.2, 0.25) is 5.91 Å². The third-order valence-corrected chi connectivity index (χ3v) is 4.96. The van der Waals surface area contributed by atoms with Crippen molar-refractivity contribution in [2.45, 2.75) is 32.7 Å². The van der Waals surface area contributed by atoms with Crippen LogP contribution in [-0.2, 0) is 11.3 Å². The molecule has 0 N–H and O–H groups in total. The van der Waals surface area contributed by atoms with Crippen LogP contribution in [0.2, 0.25) is 0 Å². The molecule has 1 aromatic heterocycles. The van der Waals surface area contributed by atoms with E-state index in [1.807, 2.05) is 38.1 Å². The zero-order valence-electron chi connectivity index (χ0n) is 13.3. The predicted molar refractivity (Wildman–Crippen MR) is 81.7 cm³/mol. The molecule has 0 radical (unpaired) electrons. The Morgan fingerprint density at radius 1 is 1.24 bits per heavy atom. The second-order valence-electron chi connectivity index (χ2n) is 6.86. The molecule has 1 aromatic rings. The second kappa shape index (κ2) is 5.84. The Bertz CT molecular complexity index is 499. The van der Waals surface area contributed by atoms with Crippen molar-refractivity contribution in [2.75, 3.05) is 27.2 Å². The quantitative estimate of drug-likeness (QED) is 0.808. The smallest absolute Gasteiger partial charge is 0.226 e. The highest BCUT2D eigenvalue weighted by Gasteiger charge is 2.57. The van der Waals surface area contributed by atoms with E-state index in [-0.39, 0.29) is 0 Å². The first-order valence-electron chi connectivity index (χ1n) is 8.05. The molecule has 0 saturated heterocycles. The summed E-state index contributed by atoms with van der Waals surface area (Å²) in [7, 11) is 4.09. The van der Waals surface area contributed by atoms with Gasteiger partial charge in [0.25, 0.3) is 0 Å². The van der Waals surface area contributed by atoms with Crippen molar-refractivity contribution in [3.63, 3.8) is 0 Å².